The van der Waals surface area contributed by atoms with Crippen molar-refractivity contribution in [3.05, 3.63) is 54.6 Å². The summed E-state index contributed by atoms with van der Waals surface area (Å²) in [6.07, 6.45) is 5.61. The number of amides is 3. The fourth-order valence-corrected chi connectivity index (χ4v) is 6.00. The van der Waals surface area contributed by atoms with Crippen LogP contribution in [0.25, 0.3) is 10.8 Å². The van der Waals surface area contributed by atoms with Crippen LogP contribution in [0.1, 0.15) is 12.8 Å². The summed E-state index contributed by atoms with van der Waals surface area (Å²) < 4.78 is 0. The Kier molecular flexibility index (Phi) is 3.52. The van der Waals surface area contributed by atoms with Crippen molar-refractivity contribution in [1.82, 2.24) is 4.90 Å². The van der Waals surface area contributed by atoms with E-state index in [1.807, 2.05) is 42.5 Å². The van der Waals surface area contributed by atoms with Crippen LogP contribution in [0.4, 0.5) is 5.69 Å². The monoisotopic (exact) mass is 386 g/mol. The first-order valence-corrected chi connectivity index (χ1v) is 10.4. The van der Waals surface area contributed by atoms with Gasteiger partial charge in [0.25, 0.3) is 0 Å². The molecule has 2 aromatic carbocycles. The second-order valence-corrected chi connectivity index (χ2v) is 8.81. The molecule has 2 saturated carbocycles. The third kappa shape index (κ3) is 2.43. The van der Waals surface area contributed by atoms with Crippen molar-refractivity contribution in [2.75, 3.05) is 11.9 Å². The maximum absolute atomic E-state index is 13.0. The zero-order chi connectivity index (χ0) is 19.7. The number of allylic oxidation sites excluding steroid dienone is 2. The maximum atomic E-state index is 13.0. The minimum absolute atomic E-state index is 0.0670. The summed E-state index contributed by atoms with van der Waals surface area (Å²) in [4.78, 5) is 39.9. The number of rotatable bonds is 4. The van der Waals surface area contributed by atoms with Gasteiger partial charge in [0.2, 0.25) is 17.7 Å². The van der Waals surface area contributed by atoms with Gasteiger partial charge in [-0.15, -0.1) is 0 Å². The SMILES string of the molecule is O=C(CCN1C(=O)[C@H]2[C@@H]3C=C[C@@H]([C@H]4C[C@H]34)[C@@H]2C1=O)Nc1cccc2ccccc12. The molecule has 2 bridgehead atoms. The predicted octanol–water partition coefficient (Wildman–Crippen LogP) is 3.22. The molecule has 4 aliphatic carbocycles. The van der Waals surface area contributed by atoms with Gasteiger partial charge in [0, 0.05) is 24.0 Å². The lowest BCUT2D eigenvalue weighted by atomic mass is 9.63. The lowest BCUT2D eigenvalue weighted by Crippen LogP contribution is -2.40. The van der Waals surface area contributed by atoms with Crippen molar-refractivity contribution in [3.63, 3.8) is 0 Å². The number of hydrogen-bond donors (Lipinski definition) is 1. The molecule has 1 saturated heterocycles. The van der Waals surface area contributed by atoms with Crippen LogP contribution < -0.4 is 5.32 Å². The molecule has 5 heteroatoms. The van der Waals surface area contributed by atoms with Crippen molar-refractivity contribution >= 4 is 34.2 Å². The highest BCUT2D eigenvalue weighted by molar-refractivity contribution is 6.07. The highest BCUT2D eigenvalue weighted by atomic mass is 16.2. The van der Waals surface area contributed by atoms with E-state index < -0.39 is 0 Å². The molecule has 3 fully saturated rings. The van der Waals surface area contributed by atoms with Gasteiger partial charge >= 0.3 is 0 Å². The Morgan fingerprint density at radius 2 is 1.59 bits per heavy atom. The van der Waals surface area contributed by atoms with E-state index in [2.05, 4.69) is 17.5 Å². The van der Waals surface area contributed by atoms with E-state index in [-0.39, 0.29) is 54.4 Å². The molecular formula is C24H22N2O3. The van der Waals surface area contributed by atoms with E-state index in [1.54, 1.807) is 0 Å². The lowest BCUT2D eigenvalue weighted by molar-refractivity contribution is -0.140. The first-order valence-electron chi connectivity index (χ1n) is 10.4. The van der Waals surface area contributed by atoms with Crippen molar-refractivity contribution in [3.8, 4) is 0 Å². The summed E-state index contributed by atoms with van der Waals surface area (Å²) in [6, 6.07) is 13.7. The zero-order valence-electron chi connectivity index (χ0n) is 16.0. The van der Waals surface area contributed by atoms with Gasteiger partial charge in [-0.3, -0.25) is 19.3 Å². The first-order chi connectivity index (χ1) is 14.1. The fraction of sp³-hybridized carbons (Fsp3) is 0.375. The average molecular weight is 386 g/mol. The summed E-state index contributed by atoms with van der Waals surface area (Å²) in [6.45, 7) is 0.163. The van der Waals surface area contributed by atoms with Crippen molar-refractivity contribution in [2.24, 2.45) is 35.5 Å². The molecule has 5 nitrogen and oxygen atoms in total. The number of likely N-dealkylation sites (tertiary alicyclic amines) is 1. The van der Waals surface area contributed by atoms with Gasteiger partial charge in [0.05, 0.1) is 11.8 Å². The van der Waals surface area contributed by atoms with Gasteiger partial charge in [0.1, 0.15) is 0 Å². The van der Waals surface area contributed by atoms with E-state index in [4.69, 9.17) is 0 Å². The number of anilines is 1. The minimum atomic E-state index is -0.192. The Hall–Kier alpha value is -2.95. The lowest BCUT2D eigenvalue weighted by Gasteiger charge is -2.37. The van der Waals surface area contributed by atoms with Crippen LogP contribution in [-0.2, 0) is 14.4 Å². The molecule has 1 heterocycles. The molecule has 29 heavy (non-hydrogen) atoms. The summed E-state index contributed by atoms with van der Waals surface area (Å²) in [5.41, 5.74) is 0.753. The van der Waals surface area contributed by atoms with Gasteiger partial charge in [-0.2, -0.15) is 0 Å². The average Bonchev–Trinajstić information content (AvgIpc) is 3.52. The molecule has 3 amide bonds. The van der Waals surface area contributed by atoms with Gasteiger partial charge in [-0.25, -0.2) is 0 Å². The molecule has 0 spiro atoms. The summed E-state index contributed by atoms with van der Waals surface area (Å²) >= 11 is 0. The topological polar surface area (TPSA) is 66.5 Å². The highest BCUT2D eigenvalue weighted by Gasteiger charge is 2.66. The number of benzene rings is 2. The largest absolute Gasteiger partial charge is 0.325 e. The number of carbonyl (C=O) groups is 3. The highest BCUT2D eigenvalue weighted by Crippen LogP contribution is 2.65. The summed E-state index contributed by atoms with van der Waals surface area (Å²) in [5.74, 6) is 0.938. The van der Waals surface area contributed by atoms with Crippen LogP contribution >= 0.6 is 0 Å². The Balaban J connectivity index is 1.15. The quantitative estimate of drug-likeness (QED) is 0.648. The van der Waals surface area contributed by atoms with Crippen LogP contribution in [0.5, 0.6) is 0 Å². The zero-order valence-corrected chi connectivity index (χ0v) is 16.0. The number of imide groups is 1. The first kappa shape index (κ1) is 17.0. The molecule has 1 N–H and O–H groups in total. The Labute approximate surface area is 168 Å². The molecule has 0 unspecified atom stereocenters. The number of nitrogens with zero attached hydrogens (tertiary/aromatic N) is 1. The Morgan fingerprint density at radius 1 is 0.931 bits per heavy atom. The van der Waals surface area contributed by atoms with E-state index in [0.29, 0.717) is 11.8 Å². The van der Waals surface area contributed by atoms with Gasteiger partial charge in [-0.05, 0) is 41.5 Å². The minimum Gasteiger partial charge on any atom is -0.325 e. The van der Waals surface area contributed by atoms with Crippen LogP contribution in [0.3, 0.4) is 0 Å². The summed E-state index contributed by atoms with van der Waals surface area (Å²) in [7, 11) is 0. The van der Waals surface area contributed by atoms with Crippen LogP contribution in [0, 0.1) is 35.5 Å². The number of nitrogens with one attached hydrogen (secondary N) is 1. The Morgan fingerprint density at radius 3 is 2.31 bits per heavy atom. The summed E-state index contributed by atoms with van der Waals surface area (Å²) in [5, 5.41) is 4.98. The van der Waals surface area contributed by atoms with E-state index in [1.165, 1.54) is 4.90 Å². The number of carbonyl (C=O) groups excluding carboxylic acids is 3. The number of fused-ring (bicyclic) bond motifs is 1. The third-order valence-corrected chi connectivity index (χ3v) is 7.38. The molecule has 6 atom stereocenters. The molecular weight excluding hydrogens is 364 g/mol. The van der Waals surface area contributed by atoms with Crippen molar-refractivity contribution in [1.29, 1.82) is 0 Å². The predicted molar refractivity (Wildman–Crippen MR) is 109 cm³/mol. The third-order valence-electron chi connectivity index (χ3n) is 7.38. The van der Waals surface area contributed by atoms with Gasteiger partial charge < -0.3 is 5.32 Å². The smallest absolute Gasteiger partial charge is 0.233 e. The molecule has 0 aromatic heterocycles. The molecule has 1 aliphatic heterocycles. The van der Waals surface area contributed by atoms with Crippen molar-refractivity contribution < 1.29 is 14.4 Å². The molecule has 0 radical (unpaired) electrons. The maximum Gasteiger partial charge on any atom is 0.233 e. The van der Waals surface area contributed by atoms with E-state index >= 15 is 0 Å². The van der Waals surface area contributed by atoms with Gasteiger partial charge in [0.15, 0.2) is 0 Å². The fourth-order valence-electron chi connectivity index (χ4n) is 6.00. The molecule has 5 aliphatic rings. The van der Waals surface area contributed by atoms with Gasteiger partial charge in [-0.1, -0.05) is 48.6 Å². The second-order valence-electron chi connectivity index (χ2n) is 8.81. The van der Waals surface area contributed by atoms with Crippen LogP contribution in [0.15, 0.2) is 54.6 Å². The second kappa shape index (κ2) is 6.02. The Bertz CT molecular complexity index is 1050. The molecule has 2 aromatic rings. The molecule has 7 rings (SSSR count). The van der Waals surface area contributed by atoms with E-state index in [9.17, 15) is 14.4 Å². The molecule has 146 valence electrons. The van der Waals surface area contributed by atoms with Crippen molar-refractivity contribution in [2.45, 2.75) is 12.8 Å². The van der Waals surface area contributed by atoms with E-state index in [0.717, 1.165) is 22.9 Å². The number of hydrogen-bond acceptors (Lipinski definition) is 3. The normalized spacial score (nSPS) is 33.7. The van der Waals surface area contributed by atoms with Crippen LogP contribution in [-0.4, -0.2) is 29.2 Å². The standard InChI is InChI=1S/C24H22N2O3/c27-20(25-19-7-3-5-13-4-1-2-6-14(13)19)10-11-26-23(28)21-15-8-9-16(18-12-17(15)18)22(21)24(26)29/h1-9,15-18,21-22H,10-12H2,(H,25,27)/t15-,16+,17-,18-,21+,22+/m1/s1. The van der Waals surface area contributed by atoms with Crippen LogP contribution in [0.2, 0.25) is 0 Å².